The first-order valence-electron chi connectivity index (χ1n) is 11.2. The lowest BCUT2D eigenvalue weighted by Crippen LogP contribution is -2.44. The van der Waals surface area contributed by atoms with Gasteiger partial charge in [0.05, 0.1) is 19.2 Å². The molecule has 7 heteroatoms. The number of rotatable bonds is 8. The maximum Gasteiger partial charge on any atom is 0.239 e. The molecule has 4 rings (SSSR count). The number of amides is 1. The Morgan fingerprint density at radius 3 is 2.50 bits per heavy atom. The van der Waals surface area contributed by atoms with Crippen molar-refractivity contribution in [3.05, 3.63) is 93.8 Å². The van der Waals surface area contributed by atoms with Crippen LogP contribution in [0.4, 0.5) is 4.39 Å². The average Bonchev–Trinajstić information content (AvgIpc) is 2.85. The molecule has 3 aromatic carbocycles. The smallest absolute Gasteiger partial charge is 0.239 e. The van der Waals surface area contributed by atoms with Gasteiger partial charge in [-0.05, 0) is 59.7 Å². The highest BCUT2D eigenvalue weighted by atomic mass is 35.5. The highest BCUT2D eigenvalue weighted by Crippen LogP contribution is 2.43. The number of aryl methyl sites for hydroxylation is 1. The van der Waals surface area contributed by atoms with Crippen LogP contribution in [-0.2, 0) is 17.6 Å². The number of nitrogens with zero attached hydrogens (tertiary/aromatic N) is 1. The number of benzene rings is 3. The second-order valence-corrected chi connectivity index (χ2v) is 8.78. The molecule has 1 aliphatic heterocycles. The number of halogens is 2. The molecule has 0 saturated carbocycles. The van der Waals surface area contributed by atoms with Crippen molar-refractivity contribution in [2.45, 2.75) is 31.3 Å². The molecular weight excluding hydrogens is 455 g/mol. The summed E-state index contributed by atoms with van der Waals surface area (Å²) in [4.78, 5) is 14.8. The normalized spacial score (nSPS) is 16.5. The summed E-state index contributed by atoms with van der Waals surface area (Å²) < 4.78 is 25.7. The van der Waals surface area contributed by atoms with E-state index in [9.17, 15) is 9.18 Å². The van der Waals surface area contributed by atoms with Gasteiger partial charge in [0.25, 0.3) is 0 Å². The predicted molar refractivity (Wildman–Crippen MR) is 131 cm³/mol. The Hall–Kier alpha value is -3.09. The number of ether oxygens (including phenoxy) is 2. The second-order valence-electron chi connectivity index (χ2n) is 8.38. The van der Waals surface area contributed by atoms with Gasteiger partial charge in [-0.15, -0.1) is 0 Å². The van der Waals surface area contributed by atoms with E-state index in [1.165, 1.54) is 6.07 Å². The Kier molecular flexibility index (Phi) is 7.39. The maximum atomic E-state index is 14.7. The molecule has 0 radical (unpaired) electrons. The molecule has 1 heterocycles. The van der Waals surface area contributed by atoms with Crippen LogP contribution in [0.25, 0.3) is 0 Å². The fourth-order valence-corrected chi connectivity index (χ4v) is 5.06. The molecule has 1 unspecified atom stereocenters. The maximum absolute atomic E-state index is 14.7. The van der Waals surface area contributed by atoms with Crippen LogP contribution < -0.4 is 15.2 Å². The molecule has 0 aliphatic carbocycles. The average molecular weight is 483 g/mol. The van der Waals surface area contributed by atoms with Crippen molar-refractivity contribution in [2.75, 3.05) is 20.8 Å². The van der Waals surface area contributed by atoms with Crippen molar-refractivity contribution in [2.24, 2.45) is 5.73 Å². The Bertz CT molecular complexity index is 1170. The van der Waals surface area contributed by atoms with Crippen molar-refractivity contribution in [3.8, 4) is 11.5 Å². The molecule has 1 aliphatic rings. The zero-order valence-corrected chi connectivity index (χ0v) is 20.0. The van der Waals surface area contributed by atoms with E-state index >= 15 is 0 Å². The standard InChI is InChI=1S/C27H28ClFN2O3/c1-33-23-15-19-13-14-31(26(27(30)32)18-7-4-3-5-8-18)22(20(19)16-24(23)34-2)12-11-17-9-6-10-21(28)25(17)29/h3-10,15-16,22,26H,11-14H2,1-2H3,(H2,30,32)/t22-,26?/m0/s1. The van der Waals surface area contributed by atoms with Crippen molar-refractivity contribution >= 4 is 17.5 Å². The van der Waals surface area contributed by atoms with Crippen molar-refractivity contribution in [3.63, 3.8) is 0 Å². The zero-order chi connectivity index (χ0) is 24.2. The quantitative estimate of drug-likeness (QED) is 0.476. The highest BCUT2D eigenvalue weighted by molar-refractivity contribution is 6.30. The van der Waals surface area contributed by atoms with Crippen LogP contribution in [0.15, 0.2) is 60.7 Å². The number of carbonyl (C=O) groups is 1. The number of nitrogens with two attached hydrogens (primary N) is 1. The third-order valence-corrected chi connectivity index (χ3v) is 6.77. The predicted octanol–water partition coefficient (Wildman–Crippen LogP) is 5.25. The van der Waals surface area contributed by atoms with Gasteiger partial charge in [-0.3, -0.25) is 9.69 Å². The van der Waals surface area contributed by atoms with Gasteiger partial charge in [0, 0.05) is 12.6 Å². The lowest BCUT2D eigenvalue weighted by molar-refractivity contribution is -0.124. The highest BCUT2D eigenvalue weighted by Gasteiger charge is 2.36. The summed E-state index contributed by atoms with van der Waals surface area (Å²) in [6.45, 7) is 0.619. The molecule has 34 heavy (non-hydrogen) atoms. The van der Waals surface area contributed by atoms with Gasteiger partial charge in [0.15, 0.2) is 11.5 Å². The molecule has 3 aromatic rings. The van der Waals surface area contributed by atoms with E-state index in [1.54, 1.807) is 26.4 Å². The summed E-state index contributed by atoms with van der Waals surface area (Å²) in [5.41, 5.74) is 9.44. The van der Waals surface area contributed by atoms with Gasteiger partial charge in [-0.25, -0.2) is 4.39 Å². The van der Waals surface area contributed by atoms with E-state index in [0.717, 1.165) is 16.7 Å². The number of fused-ring (bicyclic) bond motifs is 1. The Morgan fingerprint density at radius 1 is 1.12 bits per heavy atom. The van der Waals surface area contributed by atoms with Crippen LogP contribution in [0.3, 0.4) is 0 Å². The van der Waals surface area contributed by atoms with Gasteiger partial charge in [-0.1, -0.05) is 54.1 Å². The Balaban J connectivity index is 1.77. The molecule has 178 valence electrons. The largest absolute Gasteiger partial charge is 0.493 e. The Morgan fingerprint density at radius 2 is 1.82 bits per heavy atom. The van der Waals surface area contributed by atoms with Gasteiger partial charge in [-0.2, -0.15) is 0 Å². The van der Waals surface area contributed by atoms with E-state index in [1.807, 2.05) is 42.5 Å². The Labute approximate surface area is 204 Å². The molecule has 2 N–H and O–H groups in total. The first-order chi connectivity index (χ1) is 16.4. The summed E-state index contributed by atoms with van der Waals surface area (Å²) in [7, 11) is 3.20. The van der Waals surface area contributed by atoms with Crippen molar-refractivity contribution in [1.29, 1.82) is 0 Å². The fourth-order valence-electron chi connectivity index (χ4n) is 4.87. The van der Waals surface area contributed by atoms with Crippen LogP contribution >= 0.6 is 11.6 Å². The van der Waals surface area contributed by atoms with E-state index in [0.29, 0.717) is 42.9 Å². The number of hydrogen-bond acceptors (Lipinski definition) is 4. The summed E-state index contributed by atoms with van der Waals surface area (Å²) in [6, 6.07) is 17.7. The number of hydrogen-bond donors (Lipinski definition) is 1. The molecule has 5 nitrogen and oxygen atoms in total. The first-order valence-corrected chi connectivity index (χ1v) is 11.6. The third-order valence-electron chi connectivity index (χ3n) is 6.48. The summed E-state index contributed by atoms with van der Waals surface area (Å²) in [5, 5.41) is 0.101. The summed E-state index contributed by atoms with van der Waals surface area (Å²) in [5.74, 6) is 0.434. The molecule has 0 fully saturated rings. The monoisotopic (exact) mass is 482 g/mol. The lowest BCUT2D eigenvalue weighted by atomic mass is 9.86. The van der Waals surface area contributed by atoms with Crippen LogP contribution in [0.1, 0.15) is 40.8 Å². The molecular formula is C27H28ClFN2O3. The van der Waals surface area contributed by atoms with Gasteiger partial charge >= 0.3 is 0 Å². The van der Waals surface area contributed by atoms with Crippen molar-refractivity contribution in [1.82, 2.24) is 4.90 Å². The van der Waals surface area contributed by atoms with E-state index in [-0.39, 0.29) is 11.1 Å². The lowest BCUT2D eigenvalue weighted by Gasteiger charge is -2.41. The molecule has 1 amide bonds. The minimum atomic E-state index is -0.614. The molecule has 0 spiro atoms. The topological polar surface area (TPSA) is 64.8 Å². The summed E-state index contributed by atoms with van der Waals surface area (Å²) in [6.07, 6.45) is 1.73. The van der Waals surface area contributed by atoms with Gasteiger partial charge in [0.1, 0.15) is 11.9 Å². The van der Waals surface area contributed by atoms with E-state index in [4.69, 9.17) is 26.8 Å². The second kappa shape index (κ2) is 10.5. The van der Waals surface area contributed by atoms with E-state index in [2.05, 4.69) is 4.90 Å². The van der Waals surface area contributed by atoms with Crippen LogP contribution in [0, 0.1) is 5.82 Å². The van der Waals surface area contributed by atoms with Gasteiger partial charge in [0.2, 0.25) is 5.91 Å². The van der Waals surface area contributed by atoms with Crippen LogP contribution in [0.5, 0.6) is 11.5 Å². The molecule has 0 saturated heterocycles. The van der Waals surface area contributed by atoms with Crippen LogP contribution in [-0.4, -0.2) is 31.6 Å². The van der Waals surface area contributed by atoms with E-state index < -0.39 is 17.8 Å². The number of methoxy groups -OCH3 is 2. The number of primary amides is 1. The molecule has 0 aromatic heterocycles. The molecule has 0 bridgehead atoms. The molecule has 2 atom stereocenters. The number of carbonyl (C=O) groups excluding carboxylic acids is 1. The SMILES string of the molecule is COc1cc2c(cc1OC)[C@H](CCc1cccc(Cl)c1F)N(C(C(N)=O)c1ccccc1)CC2. The minimum absolute atomic E-state index is 0.101. The first kappa shape index (κ1) is 24.0. The fraction of sp³-hybridized carbons (Fsp3) is 0.296. The minimum Gasteiger partial charge on any atom is -0.493 e. The summed E-state index contributed by atoms with van der Waals surface area (Å²) >= 11 is 6.01. The van der Waals surface area contributed by atoms with Crippen molar-refractivity contribution < 1.29 is 18.7 Å². The van der Waals surface area contributed by atoms with Gasteiger partial charge < -0.3 is 15.2 Å². The van der Waals surface area contributed by atoms with Crippen LogP contribution in [0.2, 0.25) is 5.02 Å². The third kappa shape index (κ3) is 4.74. The zero-order valence-electron chi connectivity index (χ0n) is 19.3.